The van der Waals surface area contributed by atoms with E-state index >= 15 is 0 Å². The van der Waals surface area contributed by atoms with Crippen LogP contribution in [0.25, 0.3) is 5.69 Å². The average molecular weight is 287 g/mol. The molecule has 0 aliphatic carbocycles. The minimum atomic E-state index is -0.671. The van der Waals surface area contributed by atoms with Crippen molar-refractivity contribution < 1.29 is 14.0 Å². The number of benzene rings is 1. The minimum absolute atomic E-state index is 0.0622. The standard InChI is InChI=1S/C14H10FN3O3/c1-6-8(15)3-2-4-9(6)18-10(19)5-7-11(12(18)16)14(21)17-13(7)20/h2-5H,16H2,1H3,(H,17,20,21). The summed E-state index contributed by atoms with van der Waals surface area (Å²) >= 11 is 0. The third-order valence-electron chi connectivity index (χ3n) is 3.43. The summed E-state index contributed by atoms with van der Waals surface area (Å²) in [4.78, 5) is 35.5. The number of rotatable bonds is 1. The molecule has 2 amide bonds. The lowest BCUT2D eigenvalue weighted by Gasteiger charge is -2.14. The van der Waals surface area contributed by atoms with E-state index in [9.17, 15) is 18.8 Å². The highest BCUT2D eigenvalue weighted by Crippen LogP contribution is 2.24. The van der Waals surface area contributed by atoms with Crippen molar-refractivity contribution in [1.29, 1.82) is 0 Å². The number of carbonyl (C=O) groups excluding carboxylic acids is 2. The van der Waals surface area contributed by atoms with Crippen molar-refractivity contribution in [2.75, 3.05) is 5.73 Å². The second-order valence-corrected chi connectivity index (χ2v) is 4.66. The van der Waals surface area contributed by atoms with Crippen molar-refractivity contribution in [3.05, 3.63) is 57.1 Å². The maximum Gasteiger partial charge on any atom is 0.262 e. The summed E-state index contributed by atoms with van der Waals surface area (Å²) < 4.78 is 14.7. The summed E-state index contributed by atoms with van der Waals surface area (Å²) in [6.45, 7) is 1.50. The molecule has 6 nitrogen and oxygen atoms in total. The summed E-state index contributed by atoms with van der Waals surface area (Å²) in [6, 6.07) is 5.22. The molecule has 106 valence electrons. The Bertz CT molecular complexity index is 870. The van der Waals surface area contributed by atoms with Gasteiger partial charge in [-0.25, -0.2) is 4.39 Å². The molecule has 0 unspecified atom stereocenters. The monoisotopic (exact) mass is 287 g/mol. The van der Waals surface area contributed by atoms with Gasteiger partial charge in [-0.05, 0) is 19.1 Å². The number of aromatic nitrogens is 1. The fraction of sp³-hybridized carbons (Fsp3) is 0.0714. The Morgan fingerprint density at radius 1 is 1.19 bits per heavy atom. The van der Waals surface area contributed by atoms with Gasteiger partial charge in [0.1, 0.15) is 11.6 Å². The number of fused-ring (bicyclic) bond motifs is 1. The predicted octanol–water partition coefficient (Wildman–Crippen LogP) is 0.751. The summed E-state index contributed by atoms with van der Waals surface area (Å²) in [5.41, 5.74) is 5.58. The largest absolute Gasteiger partial charge is 0.384 e. The molecule has 1 aliphatic rings. The zero-order chi connectivity index (χ0) is 15.3. The quantitative estimate of drug-likeness (QED) is 0.757. The molecule has 2 heterocycles. The Hall–Kier alpha value is -2.96. The van der Waals surface area contributed by atoms with Gasteiger partial charge in [0.2, 0.25) is 0 Å². The number of pyridine rings is 1. The van der Waals surface area contributed by atoms with Gasteiger partial charge in [-0.2, -0.15) is 0 Å². The molecule has 0 saturated heterocycles. The molecule has 2 aromatic rings. The molecule has 0 atom stereocenters. The molecule has 0 bridgehead atoms. The van der Waals surface area contributed by atoms with Gasteiger partial charge >= 0.3 is 0 Å². The number of hydrogen-bond donors (Lipinski definition) is 2. The normalized spacial score (nSPS) is 13.2. The van der Waals surface area contributed by atoms with Crippen LogP contribution in [-0.4, -0.2) is 16.4 Å². The van der Waals surface area contributed by atoms with Crippen LogP contribution in [0.4, 0.5) is 10.2 Å². The maximum atomic E-state index is 13.7. The van der Waals surface area contributed by atoms with Crippen molar-refractivity contribution in [2.45, 2.75) is 6.92 Å². The Morgan fingerprint density at radius 3 is 2.62 bits per heavy atom. The van der Waals surface area contributed by atoms with E-state index in [-0.39, 0.29) is 28.2 Å². The number of imide groups is 1. The van der Waals surface area contributed by atoms with Crippen LogP contribution < -0.4 is 16.6 Å². The lowest BCUT2D eigenvalue weighted by atomic mass is 10.1. The summed E-state index contributed by atoms with van der Waals surface area (Å²) in [6.07, 6.45) is 0. The number of hydrogen-bond acceptors (Lipinski definition) is 4. The first-order valence-corrected chi connectivity index (χ1v) is 6.08. The first-order valence-electron chi connectivity index (χ1n) is 6.08. The fourth-order valence-electron chi connectivity index (χ4n) is 2.37. The molecular formula is C14H10FN3O3. The molecule has 21 heavy (non-hydrogen) atoms. The maximum absolute atomic E-state index is 13.7. The van der Waals surface area contributed by atoms with Crippen molar-refractivity contribution in [3.8, 4) is 5.69 Å². The van der Waals surface area contributed by atoms with Crippen molar-refractivity contribution >= 4 is 17.6 Å². The second-order valence-electron chi connectivity index (χ2n) is 4.66. The molecule has 7 heteroatoms. The number of anilines is 1. The molecule has 1 aromatic carbocycles. The van der Waals surface area contributed by atoms with Crippen LogP contribution in [-0.2, 0) is 0 Å². The molecule has 3 N–H and O–H groups in total. The average Bonchev–Trinajstić information content (AvgIpc) is 2.69. The molecule has 0 saturated carbocycles. The van der Waals surface area contributed by atoms with Crippen LogP contribution in [0, 0.1) is 12.7 Å². The predicted molar refractivity (Wildman–Crippen MR) is 72.9 cm³/mol. The number of halogens is 1. The van der Waals surface area contributed by atoms with E-state index in [2.05, 4.69) is 5.32 Å². The van der Waals surface area contributed by atoms with E-state index in [0.717, 1.165) is 10.6 Å². The SMILES string of the molecule is Cc1c(F)cccc1-n1c(N)c2c(cc1=O)C(=O)NC2=O. The number of nitrogen functional groups attached to an aromatic ring is 1. The molecule has 1 aliphatic heterocycles. The lowest BCUT2D eigenvalue weighted by Crippen LogP contribution is -2.24. The first-order chi connectivity index (χ1) is 9.91. The zero-order valence-electron chi connectivity index (χ0n) is 10.9. The highest BCUT2D eigenvalue weighted by atomic mass is 19.1. The second kappa shape index (κ2) is 4.27. The zero-order valence-corrected chi connectivity index (χ0v) is 10.9. The summed E-state index contributed by atoms with van der Waals surface area (Å²) in [5, 5.41) is 2.07. The summed E-state index contributed by atoms with van der Waals surface area (Å²) in [5.74, 6) is -2.02. The van der Waals surface area contributed by atoms with E-state index in [1.54, 1.807) is 0 Å². The molecule has 0 radical (unpaired) electrons. The van der Waals surface area contributed by atoms with Crippen LogP contribution in [0.15, 0.2) is 29.1 Å². The van der Waals surface area contributed by atoms with Crippen molar-refractivity contribution in [2.24, 2.45) is 0 Å². The molecule has 0 fully saturated rings. The van der Waals surface area contributed by atoms with Crippen LogP contribution in [0.5, 0.6) is 0 Å². The Labute approximate surface area is 118 Å². The molecular weight excluding hydrogens is 277 g/mol. The van der Waals surface area contributed by atoms with Crippen LogP contribution >= 0.6 is 0 Å². The van der Waals surface area contributed by atoms with Crippen molar-refractivity contribution in [3.63, 3.8) is 0 Å². The van der Waals surface area contributed by atoms with Gasteiger partial charge in [0.25, 0.3) is 17.4 Å². The lowest BCUT2D eigenvalue weighted by molar-refractivity contribution is 0.0880. The third-order valence-corrected chi connectivity index (χ3v) is 3.43. The van der Waals surface area contributed by atoms with Gasteiger partial charge in [-0.15, -0.1) is 0 Å². The number of carbonyl (C=O) groups is 2. The van der Waals surface area contributed by atoms with E-state index in [4.69, 9.17) is 5.73 Å². The highest BCUT2D eigenvalue weighted by molar-refractivity contribution is 6.23. The Balaban J connectivity index is 2.39. The van der Waals surface area contributed by atoms with Crippen LogP contribution in [0.3, 0.4) is 0 Å². The number of nitrogens with one attached hydrogen (secondary N) is 1. The van der Waals surface area contributed by atoms with Gasteiger partial charge in [0.15, 0.2) is 0 Å². The Kier molecular flexibility index (Phi) is 2.65. The van der Waals surface area contributed by atoms with Crippen molar-refractivity contribution in [1.82, 2.24) is 9.88 Å². The number of nitrogens with zero attached hydrogens (tertiary/aromatic N) is 1. The van der Waals surface area contributed by atoms with Gasteiger partial charge in [-0.3, -0.25) is 24.3 Å². The first kappa shape index (κ1) is 13.0. The fourth-order valence-corrected chi connectivity index (χ4v) is 2.37. The summed E-state index contributed by atoms with van der Waals surface area (Å²) in [7, 11) is 0. The highest BCUT2D eigenvalue weighted by Gasteiger charge is 2.32. The molecule has 0 spiro atoms. The molecule has 1 aromatic heterocycles. The number of amides is 2. The van der Waals surface area contributed by atoms with E-state index in [0.29, 0.717) is 0 Å². The molecule has 3 rings (SSSR count). The van der Waals surface area contributed by atoms with Gasteiger partial charge in [0, 0.05) is 11.6 Å². The van der Waals surface area contributed by atoms with Gasteiger partial charge in [-0.1, -0.05) is 6.07 Å². The van der Waals surface area contributed by atoms with Gasteiger partial charge < -0.3 is 5.73 Å². The smallest absolute Gasteiger partial charge is 0.262 e. The Morgan fingerprint density at radius 2 is 1.90 bits per heavy atom. The van der Waals surface area contributed by atoms with Gasteiger partial charge in [0.05, 0.1) is 16.8 Å². The number of nitrogens with two attached hydrogens (primary N) is 1. The van der Waals surface area contributed by atoms with E-state index < -0.39 is 23.2 Å². The van der Waals surface area contributed by atoms with Crippen LogP contribution in [0.1, 0.15) is 26.3 Å². The third kappa shape index (κ3) is 1.74. The van der Waals surface area contributed by atoms with Crippen LogP contribution in [0.2, 0.25) is 0 Å². The topological polar surface area (TPSA) is 94.2 Å². The minimum Gasteiger partial charge on any atom is -0.384 e. The van der Waals surface area contributed by atoms with E-state index in [1.807, 2.05) is 0 Å². The van der Waals surface area contributed by atoms with E-state index in [1.165, 1.54) is 25.1 Å².